The molecule has 0 amide bonds. The van der Waals surface area contributed by atoms with Crippen LogP contribution >= 0.6 is 0 Å². The zero-order chi connectivity index (χ0) is 19.2. The van der Waals surface area contributed by atoms with Gasteiger partial charge < -0.3 is 15.3 Å². The molecule has 0 aromatic carbocycles. The smallest absolute Gasteiger partial charge is 0.174 e. The maximum absolute atomic E-state index is 11.8. The second kappa shape index (κ2) is 13.7. The van der Waals surface area contributed by atoms with E-state index in [9.17, 15) is 20.1 Å². The Morgan fingerprint density at radius 3 is 1.52 bits per heavy atom. The first-order valence-corrected chi connectivity index (χ1v) is 10.4. The third-order valence-electron chi connectivity index (χ3n) is 5.47. The van der Waals surface area contributed by atoms with Crippen LogP contribution in [0.15, 0.2) is 0 Å². The van der Waals surface area contributed by atoms with Gasteiger partial charge in [-0.15, -0.1) is 0 Å². The number of carbonyl (C=O) groups is 1. The Morgan fingerprint density at radius 2 is 1.12 bits per heavy atom. The minimum atomic E-state index is -2.04. The predicted molar refractivity (Wildman–Crippen MR) is 104 cm³/mol. The van der Waals surface area contributed by atoms with E-state index >= 15 is 0 Å². The highest BCUT2D eigenvalue weighted by molar-refractivity contribution is 5.86. The van der Waals surface area contributed by atoms with E-state index in [0.29, 0.717) is 12.8 Å². The van der Waals surface area contributed by atoms with Gasteiger partial charge in [-0.2, -0.15) is 0 Å². The summed E-state index contributed by atoms with van der Waals surface area (Å²) in [6, 6.07) is 0. The molecule has 2 unspecified atom stereocenters. The van der Waals surface area contributed by atoms with E-state index in [4.69, 9.17) is 0 Å². The monoisotopic (exact) mass is 358 g/mol. The van der Waals surface area contributed by atoms with E-state index < -0.39 is 23.6 Å². The van der Waals surface area contributed by atoms with Crippen LogP contribution in [0.1, 0.15) is 111 Å². The van der Waals surface area contributed by atoms with Crippen LogP contribution in [-0.4, -0.2) is 38.9 Å². The standard InChI is InChI=1S/C21H42O4/c1-4-6-8-9-10-11-12-13-14-15-17-20(24,16-7-5-2)21(25,18-22)19(3)23/h22,24-25H,4-18H2,1-3H3. The largest absolute Gasteiger partial charge is 0.393 e. The van der Waals surface area contributed by atoms with Crippen LogP contribution < -0.4 is 0 Å². The van der Waals surface area contributed by atoms with Crippen molar-refractivity contribution in [1.29, 1.82) is 0 Å². The molecular weight excluding hydrogens is 316 g/mol. The number of unbranched alkanes of at least 4 members (excludes halogenated alkanes) is 10. The quantitative estimate of drug-likeness (QED) is 0.334. The lowest BCUT2D eigenvalue weighted by atomic mass is 9.74. The molecule has 0 aliphatic heterocycles. The van der Waals surface area contributed by atoms with E-state index in [2.05, 4.69) is 6.92 Å². The van der Waals surface area contributed by atoms with Gasteiger partial charge in [-0.3, -0.25) is 4.79 Å². The third kappa shape index (κ3) is 8.65. The summed E-state index contributed by atoms with van der Waals surface area (Å²) < 4.78 is 0. The molecule has 2 atom stereocenters. The van der Waals surface area contributed by atoms with Crippen molar-refractivity contribution >= 4 is 5.78 Å². The lowest BCUT2D eigenvalue weighted by molar-refractivity contribution is -0.188. The van der Waals surface area contributed by atoms with Crippen LogP contribution in [0.25, 0.3) is 0 Å². The lowest BCUT2D eigenvalue weighted by Gasteiger charge is -2.41. The second-order valence-corrected chi connectivity index (χ2v) is 7.64. The lowest BCUT2D eigenvalue weighted by Crippen LogP contribution is -2.61. The molecule has 0 heterocycles. The molecule has 4 heteroatoms. The van der Waals surface area contributed by atoms with Gasteiger partial charge in [0, 0.05) is 0 Å². The summed E-state index contributed by atoms with van der Waals surface area (Å²) in [6.07, 6.45) is 14.2. The number of hydrogen-bond acceptors (Lipinski definition) is 4. The zero-order valence-corrected chi connectivity index (χ0v) is 16.9. The normalized spacial score (nSPS) is 16.4. The first-order valence-electron chi connectivity index (χ1n) is 10.4. The highest BCUT2D eigenvalue weighted by atomic mass is 16.4. The van der Waals surface area contributed by atoms with Crippen molar-refractivity contribution in [2.24, 2.45) is 0 Å². The van der Waals surface area contributed by atoms with E-state index in [1.807, 2.05) is 6.92 Å². The summed E-state index contributed by atoms with van der Waals surface area (Å²) in [5, 5.41) is 31.0. The Bertz CT molecular complexity index is 345. The Hall–Kier alpha value is -0.450. The van der Waals surface area contributed by atoms with Crippen molar-refractivity contribution in [3.63, 3.8) is 0 Å². The highest BCUT2D eigenvalue weighted by Crippen LogP contribution is 2.34. The summed E-state index contributed by atoms with van der Waals surface area (Å²) in [7, 11) is 0. The summed E-state index contributed by atoms with van der Waals surface area (Å²) >= 11 is 0. The minimum absolute atomic E-state index is 0.345. The molecule has 0 spiro atoms. The number of ketones is 1. The molecule has 0 radical (unpaired) electrons. The van der Waals surface area contributed by atoms with E-state index in [0.717, 1.165) is 32.1 Å². The molecule has 25 heavy (non-hydrogen) atoms. The molecule has 0 aliphatic rings. The van der Waals surface area contributed by atoms with Gasteiger partial charge in [-0.05, 0) is 19.8 Å². The van der Waals surface area contributed by atoms with Gasteiger partial charge in [0.1, 0.15) is 5.60 Å². The van der Waals surface area contributed by atoms with Gasteiger partial charge in [0.25, 0.3) is 0 Å². The van der Waals surface area contributed by atoms with Gasteiger partial charge in [-0.25, -0.2) is 0 Å². The van der Waals surface area contributed by atoms with E-state index in [-0.39, 0.29) is 0 Å². The summed E-state index contributed by atoms with van der Waals surface area (Å²) in [4.78, 5) is 11.8. The van der Waals surface area contributed by atoms with Crippen molar-refractivity contribution in [3.8, 4) is 0 Å². The molecule has 0 saturated carbocycles. The highest BCUT2D eigenvalue weighted by Gasteiger charge is 2.51. The van der Waals surface area contributed by atoms with Gasteiger partial charge in [0.2, 0.25) is 0 Å². The fourth-order valence-corrected chi connectivity index (χ4v) is 3.50. The van der Waals surface area contributed by atoms with E-state index in [1.54, 1.807) is 0 Å². The van der Waals surface area contributed by atoms with Crippen LogP contribution in [0.2, 0.25) is 0 Å². The number of aliphatic hydroxyl groups excluding tert-OH is 1. The minimum Gasteiger partial charge on any atom is -0.393 e. The Morgan fingerprint density at radius 1 is 0.720 bits per heavy atom. The van der Waals surface area contributed by atoms with Gasteiger partial charge in [-0.1, -0.05) is 90.9 Å². The number of carbonyl (C=O) groups excluding carboxylic acids is 1. The van der Waals surface area contributed by atoms with Crippen LogP contribution in [-0.2, 0) is 4.79 Å². The van der Waals surface area contributed by atoms with Crippen LogP contribution in [0, 0.1) is 0 Å². The maximum Gasteiger partial charge on any atom is 0.174 e. The molecule has 0 fully saturated rings. The van der Waals surface area contributed by atoms with Gasteiger partial charge in [0.05, 0.1) is 6.61 Å². The van der Waals surface area contributed by atoms with Crippen molar-refractivity contribution in [1.82, 2.24) is 0 Å². The Balaban J connectivity index is 4.22. The van der Waals surface area contributed by atoms with Crippen LogP contribution in [0.4, 0.5) is 0 Å². The molecule has 3 N–H and O–H groups in total. The summed E-state index contributed by atoms with van der Waals surface area (Å²) in [6.45, 7) is 4.75. The predicted octanol–water partition coefficient (Wildman–Crippen LogP) is 4.53. The van der Waals surface area contributed by atoms with Crippen LogP contribution in [0.3, 0.4) is 0 Å². The number of aliphatic hydroxyl groups is 3. The van der Waals surface area contributed by atoms with Crippen molar-refractivity contribution in [3.05, 3.63) is 0 Å². The van der Waals surface area contributed by atoms with Gasteiger partial charge >= 0.3 is 0 Å². The van der Waals surface area contributed by atoms with Crippen molar-refractivity contribution in [2.75, 3.05) is 6.61 Å². The molecule has 0 bridgehead atoms. The Kier molecular flexibility index (Phi) is 13.5. The maximum atomic E-state index is 11.8. The molecule has 4 nitrogen and oxygen atoms in total. The fraction of sp³-hybridized carbons (Fsp3) is 0.952. The van der Waals surface area contributed by atoms with Gasteiger partial charge in [0.15, 0.2) is 11.4 Å². The molecular formula is C21H42O4. The molecule has 0 aromatic heterocycles. The topological polar surface area (TPSA) is 77.8 Å². The SMILES string of the molecule is CCCCCCCCCCCCC(O)(CCCC)C(O)(CO)C(C)=O. The molecule has 0 rings (SSSR count). The second-order valence-electron chi connectivity index (χ2n) is 7.64. The number of rotatable bonds is 17. The fourth-order valence-electron chi connectivity index (χ4n) is 3.50. The Labute approximate surface area is 155 Å². The number of hydrogen-bond donors (Lipinski definition) is 3. The molecule has 0 saturated heterocycles. The first kappa shape index (κ1) is 24.6. The summed E-state index contributed by atoms with van der Waals surface area (Å²) in [5.41, 5.74) is -3.56. The number of Topliss-reactive ketones (excluding diaryl/α,β-unsaturated/α-hetero) is 1. The first-order chi connectivity index (χ1) is 11.9. The molecule has 150 valence electrons. The average molecular weight is 359 g/mol. The van der Waals surface area contributed by atoms with Crippen molar-refractivity contribution < 1.29 is 20.1 Å². The zero-order valence-electron chi connectivity index (χ0n) is 16.9. The van der Waals surface area contributed by atoms with Crippen molar-refractivity contribution in [2.45, 2.75) is 122 Å². The average Bonchev–Trinajstić information content (AvgIpc) is 2.60. The third-order valence-corrected chi connectivity index (χ3v) is 5.47. The van der Waals surface area contributed by atoms with E-state index in [1.165, 1.54) is 51.9 Å². The van der Waals surface area contributed by atoms with Crippen LogP contribution in [0.5, 0.6) is 0 Å². The molecule has 0 aromatic rings. The summed E-state index contributed by atoms with van der Waals surface area (Å²) in [5.74, 6) is -0.555. The molecule has 0 aliphatic carbocycles.